The van der Waals surface area contributed by atoms with Crippen LogP contribution in [0.3, 0.4) is 0 Å². The number of alkyl halides is 3. The van der Waals surface area contributed by atoms with Crippen LogP contribution in [0.15, 0.2) is 29.2 Å². The van der Waals surface area contributed by atoms with Crippen molar-refractivity contribution in [3.05, 3.63) is 24.3 Å². The third-order valence-corrected chi connectivity index (χ3v) is 2.09. The van der Waals surface area contributed by atoms with Crippen LogP contribution in [0.1, 0.15) is 0 Å². The largest absolute Gasteiger partial charge is 0.485 e. The molecule has 0 atom stereocenters. The molecule has 1 aromatic rings. The lowest BCUT2D eigenvalue weighted by Gasteiger charge is -2.10. The summed E-state index contributed by atoms with van der Waals surface area (Å²) in [6.07, 6.45) is -4.77. The first-order valence-corrected chi connectivity index (χ1v) is 5.04. The highest BCUT2D eigenvalue weighted by Crippen LogP contribution is 2.20. The summed E-state index contributed by atoms with van der Waals surface area (Å²) in [7, 11) is 0. The van der Waals surface area contributed by atoms with Crippen molar-refractivity contribution in [2.24, 2.45) is 0 Å². The summed E-state index contributed by atoms with van der Waals surface area (Å²) in [6.45, 7) is 0. The van der Waals surface area contributed by atoms with Gasteiger partial charge in [-0.15, -0.1) is 0 Å². The Morgan fingerprint density at radius 1 is 1.41 bits per heavy atom. The fraction of sp³-hybridized carbons (Fsp3) is 0.111. The molecule has 0 saturated heterocycles. The predicted octanol–water partition coefficient (Wildman–Crippen LogP) is 2.90. The lowest BCUT2D eigenvalue weighted by molar-refractivity contribution is -0.144. The molecule has 1 rings (SSSR count). The zero-order valence-corrected chi connectivity index (χ0v) is 9.02. The third kappa shape index (κ3) is 5.12. The summed E-state index contributed by atoms with van der Waals surface area (Å²) < 4.78 is 35.4. The van der Waals surface area contributed by atoms with Gasteiger partial charge in [-0.3, -0.25) is 0 Å². The van der Waals surface area contributed by atoms with E-state index in [0.29, 0.717) is 4.90 Å². The van der Waals surface area contributed by atoms with Gasteiger partial charge in [-0.1, -0.05) is 6.07 Å². The van der Waals surface area contributed by atoms with Crippen LogP contribution < -0.4 is 10.6 Å². The second-order valence-corrected chi connectivity index (χ2v) is 3.66. The number of halogens is 3. The zero-order chi connectivity index (χ0) is 12.9. The Bertz CT molecular complexity index is 456. The molecule has 17 heavy (non-hydrogen) atoms. The van der Waals surface area contributed by atoms with E-state index in [1.807, 2.05) is 10.7 Å². The maximum atomic E-state index is 11.8. The predicted molar refractivity (Wildman–Crippen MR) is 56.1 cm³/mol. The topological polar surface area (TPSA) is 64.9 Å². The molecule has 0 aliphatic heterocycles. The Kier molecular flexibility index (Phi) is 4.23. The lowest BCUT2D eigenvalue weighted by atomic mass is 10.3. The highest BCUT2D eigenvalue weighted by molar-refractivity contribution is 8.03. The molecule has 0 saturated carbocycles. The highest BCUT2D eigenvalue weighted by atomic mass is 32.2. The van der Waals surface area contributed by atoms with Gasteiger partial charge in [-0.05, 0) is 30.0 Å². The molecule has 0 unspecified atom stereocenters. The number of hydrogen-bond acceptors (Lipinski definition) is 3. The number of carbonyl (C=O) groups is 1. The number of benzene rings is 1. The molecule has 0 bridgehead atoms. The van der Waals surface area contributed by atoms with E-state index in [4.69, 9.17) is 5.26 Å². The molecule has 1 aromatic carbocycles. The fourth-order valence-corrected chi connectivity index (χ4v) is 1.42. The molecule has 90 valence electrons. The van der Waals surface area contributed by atoms with Crippen molar-refractivity contribution in [1.82, 2.24) is 5.32 Å². The van der Waals surface area contributed by atoms with Gasteiger partial charge in [-0.2, -0.15) is 18.4 Å². The first kappa shape index (κ1) is 13.2. The minimum atomic E-state index is -4.77. The molecular formula is C9H6F3N3OS. The van der Waals surface area contributed by atoms with Gasteiger partial charge in [0.25, 0.3) is 0 Å². The third-order valence-electron chi connectivity index (χ3n) is 1.51. The number of nitrogens with one attached hydrogen (secondary N) is 2. The number of amides is 2. The van der Waals surface area contributed by atoms with Crippen molar-refractivity contribution >= 4 is 23.5 Å². The standard InChI is InChI=1S/C9H6F3N3OS/c10-9(11,12)15-8(16)14-6-2-1-3-7(4-6)17-5-13/h1-4H,(H2,14,15,16). The monoisotopic (exact) mass is 261 g/mol. The minimum absolute atomic E-state index is 0.173. The van der Waals surface area contributed by atoms with Crippen molar-refractivity contribution in [2.75, 3.05) is 5.32 Å². The van der Waals surface area contributed by atoms with E-state index in [9.17, 15) is 18.0 Å². The fourth-order valence-electron chi connectivity index (χ4n) is 0.981. The Hall–Kier alpha value is -1.88. The quantitative estimate of drug-likeness (QED) is 0.488. The van der Waals surface area contributed by atoms with Gasteiger partial charge in [0.2, 0.25) is 0 Å². The van der Waals surface area contributed by atoms with Crippen LogP contribution in [0, 0.1) is 10.7 Å². The molecule has 8 heteroatoms. The summed E-state index contributed by atoms with van der Waals surface area (Å²) in [5, 5.41) is 13.0. The molecule has 2 amide bonds. The summed E-state index contributed by atoms with van der Waals surface area (Å²) in [4.78, 5) is 11.4. The molecule has 0 spiro atoms. The Labute approximate surface area is 98.8 Å². The maximum absolute atomic E-state index is 11.8. The van der Waals surface area contributed by atoms with E-state index in [2.05, 4.69) is 0 Å². The SMILES string of the molecule is N#CSc1cccc(NC(=O)NC(F)(F)F)c1. The molecule has 0 radical (unpaired) electrons. The first-order chi connectivity index (χ1) is 7.90. The molecule has 4 nitrogen and oxygen atoms in total. The van der Waals surface area contributed by atoms with E-state index in [1.165, 1.54) is 18.2 Å². The number of rotatable bonds is 2. The number of nitrogens with zero attached hydrogens (tertiary/aromatic N) is 1. The van der Waals surface area contributed by atoms with Crippen LogP contribution in [0.5, 0.6) is 0 Å². The average Bonchev–Trinajstić information content (AvgIpc) is 2.15. The van der Waals surface area contributed by atoms with Crippen molar-refractivity contribution < 1.29 is 18.0 Å². The molecule has 0 aliphatic carbocycles. The normalized spacial score (nSPS) is 10.5. The van der Waals surface area contributed by atoms with Crippen LogP contribution in [0.25, 0.3) is 0 Å². The van der Waals surface area contributed by atoms with Gasteiger partial charge in [0.1, 0.15) is 5.40 Å². The van der Waals surface area contributed by atoms with Crippen LogP contribution >= 0.6 is 11.8 Å². The average molecular weight is 261 g/mol. The van der Waals surface area contributed by atoms with Gasteiger partial charge in [0.05, 0.1) is 0 Å². The number of thioether (sulfide) groups is 1. The van der Waals surface area contributed by atoms with E-state index >= 15 is 0 Å². The van der Waals surface area contributed by atoms with Gasteiger partial charge in [-0.25, -0.2) is 10.1 Å². The summed E-state index contributed by atoms with van der Waals surface area (Å²) in [6, 6.07) is 4.54. The van der Waals surface area contributed by atoms with Crippen LogP contribution in [-0.4, -0.2) is 12.3 Å². The van der Waals surface area contributed by atoms with Crippen molar-refractivity contribution in [2.45, 2.75) is 11.2 Å². The number of hydrogen-bond donors (Lipinski definition) is 2. The maximum Gasteiger partial charge on any atom is 0.485 e. The van der Waals surface area contributed by atoms with Crippen LogP contribution in [0.2, 0.25) is 0 Å². The number of anilines is 1. The van der Waals surface area contributed by atoms with E-state index < -0.39 is 12.3 Å². The van der Waals surface area contributed by atoms with E-state index in [0.717, 1.165) is 17.1 Å². The molecule has 0 aliphatic rings. The Morgan fingerprint density at radius 3 is 2.71 bits per heavy atom. The Morgan fingerprint density at radius 2 is 2.12 bits per heavy atom. The molecule has 0 aromatic heterocycles. The summed E-state index contributed by atoms with van der Waals surface area (Å²) in [5.74, 6) is 0. The number of nitriles is 1. The molecule has 2 N–H and O–H groups in total. The van der Waals surface area contributed by atoms with Crippen molar-refractivity contribution in [3.8, 4) is 5.40 Å². The minimum Gasteiger partial charge on any atom is -0.308 e. The van der Waals surface area contributed by atoms with Gasteiger partial charge in [0.15, 0.2) is 0 Å². The molecular weight excluding hydrogens is 255 g/mol. The van der Waals surface area contributed by atoms with E-state index in [-0.39, 0.29) is 5.69 Å². The molecule has 0 heterocycles. The second-order valence-electron chi connectivity index (χ2n) is 2.80. The van der Waals surface area contributed by atoms with Crippen LogP contribution in [0.4, 0.5) is 23.7 Å². The number of urea groups is 1. The van der Waals surface area contributed by atoms with Gasteiger partial charge >= 0.3 is 12.3 Å². The Balaban J connectivity index is 2.66. The zero-order valence-electron chi connectivity index (χ0n) is 8.21. The highest BCUT2D eigenvalue weighted by Gasteiger charge is 2.29. The van der Waals surface area contributed by atoms with Crippen molar-refractivity contribution in [3.63, 3.8) is 0 Å². The smallest absolute Gasteiger partial charge is 0.308 e. The number of carbonyl (C=O) groups excluding carboxylic acids is 1. The number of thiocyanates is 1. The van der Waals surface area contributed by atoms with Crippen molar-refractivity contribution in [1.29, 1.82) is 5.26 Å². The van der Waals surface area contributed by atoms with Gasteiger partial charge in [0, 0.05) is 10.6 Å². The summed E-state index contributed by atoms with van der Waals surface area (Å²) in [5.41, 5.74) is 0.173. The summed E-state index contributed by atoms with van der Waals surface area (Å²) >= 11 is 0.841. The van der Waals surface area contributed by atoms with E-state index in [1.54, 1.807) is 6.07 Å². The van der Waals surface area contributed by atoms with Crippen LogP contribution in [-0.2, 0) is 0 Å². The molecule has 0 fully saturated rings. The van der Waals surface area contributed by atoms with Gasteiger partial charge < -0.3 is 5.32 Å². The second kappa shape index (κ2) is 5.45. The first-order valence-electron chi connectivity index (χ1n) is 4.22. The lowest BCUT2D eigenvalue weighted by Crippen LogP contribution is -2.40.